The van der Waals surface area contributed by atoms with Crippen molar-refractivity contribution in [1.29, 1.82) is 0 Å². The van der Waals surface area contributed by atoms with Gasteiger partial charge in [-0.15, -0.1) is 23.1 Å². The molecule has 0 aliphatic carbocycles. The Morgan fingerprint density at radius 3 is 2.95 bits per heavy atom. The van der Waals surface area contributed by atoms with Gasteiger partial charge in [0.15, 0.2) is 0 Å². The third-order valence-electron chi connectivity index (χ3n) is 3.02. The molecule has 0 saturated carbocycles. The van der Waals surface area contributed by atoms with Crippen molar-refractivity contribution in [3.8, 4) is 0 Å². The van der Waals surface area contributed by atoms with Crippen molar-refractivity contribution in [2.24, 2.45) is 0 Å². The van der Waals surface area contributed by atoms with E-state index >= 15 is 0 Å². The van der Waals surface area contributed by atoms with Gasteiger partial charge in [0.25, 0.3) is 5.91 Å². The molecule has 1 aliphatic rings. The molecule has 0 N–H and O–H groups in total. The summed E-state index contributed by atoms with van der Waals surface area (Å²) in [6.45, 7) is 0.790. The SMILES string of the molecule is O=C(c1cccs1)N1CCS[C@@H]1c1cccc(Cl)c1. The molecule has 5 heteroatoms. The van der Waals surface area contributed by atoms with Gasteiger partial charge in [0.2, 0.25) is 0 Å². The maximum absolute atomic E-state index is 12.5. The Hall–Kier alpha value is -0.970. The molecule has 3 rings (SSSR count). The van der Waals surface area contributed by atoms with E-state index in [4.69, 9.17) is 11.6 Å². The Labute approximate surface area is 125 Å². The summed E-state index contributed by atoms with van der Waals surface area (Å²) in [6.07, 6.45) is 0. The van der Waals surface area contributed by atoms with Crippen molar-refractivity contribution in [2.45, 2.75) is 5.37 Å². The molecule has 98 valence electrons. The number of nitrogens with zero attached hydrogens (tertiary/aromatic N) is 1. The Balaban J connectivity index is 1.88. The van der Waals surface area contributed by atoms with Crippen LogP contribution in [-0.4, -0.2) is 23.1 Å². The lowest BCUT2D eigenvalue weighted by atomic mass is 10.2. The van der Waals surface area contributed by atoms with Crippen LogP contribution in [0.15, 0.2) is 41.8 Å². The van der Waals surface area contributed by atoms with E-state index in [9.17, 15) is 4.79 Å². The van der Waals surface area contributed by atoms with E-state index < -0.39 is 0 Å². The van der Waals surface area contributed by atoms with Crippen LogP contribution in [0.3, 0.4) is 0 Å². The van der Waals surface area contributed by atoms with Crippen LogP contribution in [0.2, 0.25) is 5.02 Å². The lowest BCUT2D eigenvalue weighted by Gasteiger charge is -2.23. The van der Waals surface area contributed by atoms with Crippen molar-refractivity contribution in [2.75, 3.05) is 12.3 Å². The molecule has 1 aromatic heterocycles. The number of thioether (sulfide) groups is 1. The summed E-state index contributed by atoms with van der Waals surface area (Å²) in [5, 5.41) is 2.73. The maximum atomic E-state index is 12.5. The van der Waals surface area contributed by atoms with Gasteiger partial charge < -0.3 is 4.90 Å². The van der Waals surface area contributed by atoms with Crippen LogP contribution in [0, 0.1) is 0 Å². The maximum Gasteiger partial charge on any atom is 0.265 e. The average Bonchev–Trinajstić information content (AvgIpc) is 3.09. The highest BCUT2D eigenvalue weighted by molar-refractivity contribution is 7.99. The van der Waals surface area contributed by atoms with Crippen LogP contribution in [0.4, 0.5) is 0 Å². The molecule has 0 unspecified atom stereocenters. The molecular formula is C14H12ClNOS2. The predicted molar refractivity (Wildman–Crippen MR) is 82.0 cm³/mol. The molecule has 0 bridgehead atoms. The summed E-state index contributed by atoms with van der Waals surface area (Å²) in [7, 11) is 0. The largest absolute Gasteiger partial charge is 0.321 e. The van der Waals surface area contributed by atoms with Crippen molar-refractivity contribution in [1.82, 2.24) is 4.90 Å². The van der Waals surface area contributed by atoms with Gasteiger partial charge in [0.1, 0.15) is 5.37 Å². The quantitative estimate of drug-likeness (QED) is 0.825. The van der Waals surface area contributed by atoms with E-state index in [0.717, 1.165) is 22.7 Å². The molecule has 2 aromatic rings. The van der Waals surface area contributed by atoms with Gasteiger partial charge in [0.05, 0.1) is 4.88 Å². The minimum Gasteiger partial charge on any atom is -0.321 e. The summed E-state index contributed by atoms with van der Waals surface area (Å²) in [6, 6.07) is 11.6. The van der Waals surface area contributed by atoms with E-state index in [1.807, 2.05) is 46.7 Å². The Morgan fingerprint density at radius 2 is 2.21 bits per heavy atom. The lowest BCUT2D eigenvalue weighted by molar-refractivity contribution is 0.0765. The summed E-state index contributed by atoms with van der Waals surface area (Å²) in [5.74, 6) is 1.08. The van der Waals surface area contributed by atoms with Gasteiger partial charge >= 0.3 is 0 Å². The van der Waals surface area contributed by atoms with Gasteiger partial charge in [-0.1, -0.05) is 29.8 Å². The molecule has 1 aliphatic heterocycles. The third kappa shape index (κ3) is 2.66. The number of rotatable bonds is 2. The molecule has 1 amide bonds. The molecule has 0 spiro atoms. The van der Waals surface area contributed by atoms with E-state index in [-0.39, 0.29) is 11.3 Å². The lowest BCUT2D eigenvalue weighted by Crippen LogP contribution is -2.29. The molecule has 2 nitrogen and oxygen atoms in total. The monoisotopic (exact) mass is 309 g/mol. The predicted octanol–water partition coefficient (Wildman–Crippen LogP) is 4.29. The highest BCUT2D eigenvalue weighted by Crippen LogP contribution is 2.39. The molecule has 1 fully saturated rings. The van der Waals surface area contributed by atoms with Crippen LogP contribution >= 0.6 is 34.7 Å². The van der Waals surface area contributed by atoms with Crippen LogP contribution in [0.5, 0.6) is 0 Å². The first kappa shape index (κ1) is 13.0. The normalized spacial score (nSPS) is 18.8. The topological polar surface area (TPSA) is 20.3 Å². The van der Waals surface area contributed by atoms with Crippen molar-refractivity contribution >= 4 is 40.6 Å². The summed E-state index contributed by atoms with van der Waals surface area (Å²) in [4.78, 5) is 15.2. The minimum atomic E-state index is 0.0771. The highest BCUT2D eigenvalue weighted by Gasteiger charge is 2.31. The van der Waals surface area contributed by atoms with Crippen molar-refractivity contribution in [3.05, 3.63) is 57.2 Å². The number of halogens is 1. The van der Waals surface area contributed by atoms with Crippen molar-refractivity contribution in [3.63, 3.8) is 0 Å². The standard InChI is InChI=1S/C14H12ClNOS2/c15-11-4-1-3-10(9-11)14-16(6-8-19-14)13(17)12-5-2-7-18-12/h1-5,7,9,14H,6,8H2/t14-/m1/s1. The van der Waals surface area contributed by atoms with E-state index in [2.05, 4.69) is 0 Å². The fraction of sp³-hybridized carbons (Fsp3) is 0.214. The van der Waals surface area contributed by atoms with Gasteiger partial charge in [-0.2, -0.15) is 0 Å². The third-order valence-corrected chi connectivity index (χ3v) is 5.37. The summed E-state index contributed by atoms with van der Waals surface area (Å²) >= 11 is 9.32. The second-order valence-electron chi connectivity index (χ2n) is 4.25. The van der Waals surface area contributed by atoms with Crippen molar-refractivity contribution < 1.29 is 4.79 Å². The number of benzene rings is 1. The first-order chi connectivity index (χ1) is 9.25. The van der Waals surface area contributed by atoms with Gasteiger partial charge in [-0.05, 0) is 29.1 Å². The second kappa shape index (κ2) is 5.57. The second-order valence-corrected chi connectivity index (χ2v) is 6.83. The average molecular weight is 310 g/mol. The molecule has 0 radical (unpaired) electrons. The zero-order chi connectivity index (χ0) is 13.2. The van der Waals surface area contributed by atoms with E-state index in [0.29, 0.717) is 5.02 Å². The molecule has 1 aromatic carbocycles. The number of hydrogen-bond acceptors (Lipinski definition) is 3. The number of carbonyl (C=O) groups is 1. The molecule has 1 atom stereocenters. The Kier molecular flexibility index (Phi) is 3.82. The van der Waals surface area contributed by atoms with Crippen LogP contribution in [0.1, 0.15) is 20.6 Å². The highest BCUT2D eigenvalue weighted by atomic mass is 35.5. The number of thiophene rings is 1. The molecule has 1 saturated heterocycles. The van der Waals surface area contributed by atoms with E-state index in [1.165, 1.54) is 11.3 Å². The van der Waals surface area contributed by atoms with Gasteiger partial charge in [0, 0.05) is 17.3 Å². The van der Waals surface area contributed by atoms with E-state index in [1.54, 1.807) is 11.8 Å². The Bertz CT molecular complexity index is 585. The Morgan fingerprint density at radius 1 is 1.32 bits per heavy atom. The number of carbonyl (C=O) groups excluding carboxylic acids is 1. The minimum absolute atomic E-state index is 0.0771. The van der Waals surface area contributed by atoms with Crippen LogP contribution < -0.4 is 0 Å². The molecule has 2 heterocycles. The zero-order valence-electron chi connectivity index (χ0n) is 10.1. The smallest absolute Gasteiger partial charge is 0.265 e. The molecule has 19 heavy (non-hydrogen) atoms. The van der Waals surface area contributed by atoms with Gasteiger partial charge in [-0.3, -0.25) is 4.79 Å². The number of hydrogen-bond donors (Lipinski definition) is 0. The first-order valence-electron chi connectivity index (χ1n) is 5.97. The van der Waals surface area contributed by atoms with Crippen LogP contribution in [0.25, 0.3) is 0 Å². The van der Waals surface area contributed by atoms with Crippen LogP contribution in [-0.2, 0) is 0 Å². The fourth-order valence-electron chi connectivity index (χ4n) is 2.16. The summed E-state index contributed by atoms with van der Waals surface area (Å²) < 4.78 is 0. The molecular weight excluding hydrogens is 298 g/mol. The zero-order valence-corrected chi connectivity index (χ0v) is 12.5. The summed E-state index contributed by atoms with van der Waals surface area (Å²) in [5.41, 5.74) is 1.10. The number of amides is 1. The fourth-order valence-corrected chi connectivity index (χ4v) is 4.28. The van der Waals surface area contributed by atoms with Gasteiger partial charge in [-0.25, -0.2) is 0 Å². The first-order valence-corrected chi connectivity index (χ1v) is 8.28.